The molecule has 3 rings (SSSR count). The highest BCUT2D eigenvalue weighted by molar-refractivity contribution is 5.89. The lowest BCUT2D eigenvalue weighted by Gasteiger charge is -2.12. The number of amides is 2. The highest BCUT2D eigenvalue weighted by Crippen LogP contribution is 2.25. The summed E-state index contributed by atoms with van der Waals surface area (Å²) < 4.78 is 16.4. The lowest BCUT2D eigenvalue weighted by Crippen LogP contribution is -2.32. The van der Waals surface area contributed by atoms with Crippen LogP contribution in [0.3, 0.4) is 0 Å². The van der Waals surface area contributed by atoms with Crippen molar-refractivity contribution in [3.05, 3.63) is 78.9 Å². The summed E-state index contributed by atoms with van der Waals surface area (Å²) in [6.45, 7) is 0.0153. The molecule has 0 heterocycles. The zero-order chi connectivity index (χ0) is 18.9. The van der Waals surface area contributed by atoms with Crippen molar-refractivity contribution in [2.45, 2.75) is 0 Å². The van der Waals surface area contributed by atoms with Crippen LogP contribution in [-0.4, -0.2) is 19.9 Å². The highest BCUT2D eigenvalue weighted by Gasteiger charge is 2.05. The van der Waals surface area contributed by atoms with E-state index in [9.17, 15) is 4.79 Å². The van der Waals surface area contributed by atoms with Crippen LogP contribution >= 0.6 is 0 Å². The van der Waals surface area contributed by atoms with Gasteiger partial charge in [0.05, 0.1) is 7.11 Å². The van der Waals surface area contributed by atoms with Gasteiger partial charge in [0.2, 0.25) is 0 Å². The standard InChI is InChI=1S/C21H20N2O4/c1-25-19-9-5-6-10-20(19)26-15-22-21(24)23-16-11-13-18(14-12-16)27-17-7-3-2-4-8-17/h2-14H,15H2,1H3,(H2,22,23,24). The fraction of sp³-hybridized carbons (Fsp3) is 0.0952. The Balaban J connectivity index is 1.46. The molecule has 0 aromatic heterocycles. The van der Waals surface area contributed by atoms with E-state index in [-0.39, 0.29) is 12.8 Å². The number of anilines is 1. The summed E-state index contributed by atoms with van der Waals surface area (Å²) in [6.07, 6.45) is 0. The van der Waals surface area contributed by atoms with Crippen molar-refractivity contribution in [1.29, 1.82) is 0 Å². The number of nitrogens with one attached hydrogen (secondary N) is 2. The highest BCUT2D eigenvalue weighted by atomic mass is 16.5. The first-order chi connectivity index (χ1) is 13.2. The first kappa shape index (κ1) is 18.1. The minimum atomic E-state index is -0.373. The van der Waals surface area contributed by atoms with Crippen LogP contribution in [-0.2, 0) is 0 Å². The van der Waals surface area contributed by atoms with Crippen LogP contribution in [0.15, 0.2) is 78.9 Å². The second-order valence-corrected chi connectivity index (χ2v) is 5.51. The quantitative estimate of drug-likeness (QED) is 0.599. The molecule has 138 valence electrons. The molecule has 0 atom stereocenters. The zero-order valence-electron chi connectivity index (χ0n) is 14.8. The number of rotatable bonds is 7. The number of hydrogen-bond acceptors (Lipinski definition) is 4. The van der Waals surface area contributed by atoms with E-state index in [4.69, 9.17) is 14.2 Å². The number of ether oxygens (including phenoxy) is 3. The van der Waals surface area contributed by atoms with E-state index in [1.54, 1.807) is 43.5 Å². The van der Waals surface area contributed by atoms with E-state index in [1.165, 1.54) is 0 Å². The van der Waals surface area contributed by atoms with Gasteiger partial charge >= 0.3 is 6.03 Å². The van der Waals surface area contributed by atoms with Crippen molar-refractivity contribution >= 4 is 11.7 Å². The average Bonchev–Trinajstić information content (AvgIpc) is 2.71. The minimum absolute atomic E-state index is 0.0153. The smallest absolute Gasteiger partial charge is 0.321 e. The Morgan fingerprint density at radius 2 is 1.44 bits per heavy atom. The van der Waals surface area contributed by atoms with Gasteiger partial charge < -0.3 is 24.8 Å². The third kappa shape index (κ3) is 5.40. The molecule has 6 nitrogen and oxygen atoms in total. The maximum absolute atomic E-state index is 12.0. The number of carbonyl (C=O) groups excluding carboxylic acids is 1. The van der Waals surface area contributed by atoms with Gasteiger partial charge in [-0.1, -0.05) is 30.3 Å². The Kier molecular flexibility index (Phi) is 6.14. The van der Waals surface area contributed by atoms with Gasteiger partial charge in [0.1, 0.15) is 11.5 Å². The number of benzene rings is 3. The molecule has 3 aromatic rings. The van der Waals surface area contributed by atoms with Crippen molar-refractivity contribution in [1.82, 2.24) is 5.32 Å². The maximum atomic E-state index is 12.0. The van der Waals surface area contributed by atoms with Gasteiger partial charge in [-0.3, -0.25) is 0 Å². The zero-order valence-corrected chi connectivity index (χ0v) is 14.8. The van der Waals surface area contributed by atoms with Gasteiger partial charge in [0.25, 0.3) is 0 Å². The molecule has 2 amide bonds. The summed E-state index contributed by atoms with van der Waals surface area (Å²) in [5, 5.41) is 5.36. The van der Waals surface area contributed by atoms with Crippen molar-refractivity contribution in [2.24, 2.45) is 0 Å². The second-order valence-electron chi connectivity index (χ2n) is 5.51. The molecule has 0 saturated heterocycles. The molecule has 0 bridgehead atoms. The molecule has 3 aromatic carbocycles. The molecule has 0 aliphatic heterocycles. The molecule has 0 spiro atoms. The summed E-state index contributed by atoms with van der Waals surface area (Å²) in [6, 6.07) is 23.4. The normalized spacial score (nSPS) is 9.96. The Hall–Kier alpha value is -3.67. The first-order valence-electron chi connectivity index (χ1n) is 8.38. The monoisotopic (exact) mass is 364 g/mol. The number of hydrogen-bond donors (Lipinski definition) is 2. The van der Waals surface area contributed by atoms with E-state index in [0.29, 0.717) is 22.9 Å². The van der Waals surface area contributed by atoms with E-state index < -0.39 is 0 Å². The third-order valence-electron chi connectivity index (χ3n) is 3.62. The van der Waals surface area contributed by atoms with E-state index >= 15 is 0 Å². The Morgan fingerprint density at radius 3 is 2.15 bits per heavy atom. The fourth-order valence-corrected chi connectivity index (χ4v) is 2.32. The Bertz CT molecular complexity index is 867. The van der Waals surface area contributed by atoms with Crippen LogP contribution in [0.2, 0.25) is 0 Å². The third-order valence-corrected chi connectivity index (χ3v) is 3.62. The van der Waals surface area contributed by atoms with Crippen LogP contribution in [0, 0.1) is 0 Å². The van der Waals surface area contributed by atoms with Crippen LogP contribution in [0.1, 0.15) is 0 Å². The number of carbonyl (C=O) groups is 1. The molecule has 2 N–H and O–H groups in total. The van der Waals surface area contributed by atoms with Crippen molar-refractivity contribution in [3.8, 4) is 23.0 Å². The van der Waals surface area contributed by atoms with E-state index in [2.05, 4.69) is 10.6 Å². The van der Waals surface area contributed by atoms with Crippen LogP contribution < -0.4 is 24.8 Å². The average molecular weight is 364 g/mol. The van der Waals surface area contributed by atoms with Crippen LogP contribution in [0.25, 0.3) is 0 Å². The topological polar surface area (TPSA) is 68.8 Å². The van der Waals surface area contributed by atoms with Crippen LogP contribution in [0.4, 0.5) is 10.5 Å². The summed E-state index contributed by atoms with van der Waals surface area (Å²) in [4.78, 5) is 12.0. The van der Waals surface area contributed by atoms with Crippen LogP contribution in [0.5, 0.6) is 23.0 Å². The molecule has 0 fully saturated rings. The number of methoxy groups -OCH3 is 1. The molecular formula is C21H20N2O4. The van der Waals surface area contributed by atoms with Gasteiger partial charge in [-0.15, -0.1) is 0 Å². The Labute approximate surface area is 157 Å². The lowest BCUT2D eigenvalue weighted by atomic mass is 10.3. The predicted octanol–water partition coefficient (Wildman–Crippen LogP) is 4.65. The summed E-state index contributed by atoms with van der Waals surface area (Å²) in [5.74, 6) is 2.60. The van der Waals surface area contributed by atoms with Crippen molar-refractivity contribution < 1.29 is 19.0 Å². The minimum Gasteiger partial charge on any atom is -0.493 e. The van der Waals surface area contributed by atoms with Gasteiger partial charge in [-0.2, -0.15) is 0 Å². The number of urea groups is 1. The van der Waals surface area contributed by atoms with Gasteiger partial charge in [0, 0.05) is 5.69 Å². The van der Waals surface area contributed by atoms with Gasteiger partial charge in [-0.05, 0) is 48.5 Å². The van der Waals surface area contributed by atoms with E-state index in [0.717, 1.165) is 5.75 Å². The van der Waals surface area contributed by atoms with E-state index in [1.807, 2.05) is 42.5 Å². The summed E-state index contributed by atoms with van der Waals surface area (Å²) >= 11 is 0. The first-order valence-corrected chi connectivity index (χ1v) is 8.38. The summed E-state index contributed by atoms with van der Waals surface area (Å²) in [7, 11) is 1.56. The summed E-state index contributed by atoms with van der Waals surface area (Å²) in [5.41, 5.74) is 0.644. The molecule has 6 heteroatoms. The molecular weight excluding hydrogens is 344 g/mol. The molecule has 27 heavy (non-hydrogen) atoms. The van der Waals surface area contributed by atoms with Crippen molar-refractivity contribution in [3.63, 3.8) is 0 Å². The second kappa shape index (κ2) is 9.15. The SMILES string of the molecule is COc1ccccc1OCNC(=O)Nc1ccc(Oc2ccccc2)cc1. The van der Waals surface area contributed by atoms with Crippen molar-refractivity contribution in [2.75, 3.05) is 19.2 Å². The molecule has 0 aliphatic rings. The number of para-hydroxylation sites is 3. The lowest BCUT2D eigenvalue weighted by molar-refractivity contribution is 0.231. The molecule has 0 unspecified atom stereocenters. The molecule has 0 radical (unpaired) electrons. The fourth-order valence-electron chi connectivity index (χ4n) is 2.32. The van der Waals surface area contributed by atoms with Gasteiger partial charge in [-0.25, -0.2) is 4.79 Å². The van der Waals surface area contributed by atoms with Gasteiger partial charge in [0.15, 0.2) is 18.2 Å². The largest absolute Gasteiger partial charge is 0.493 e. The molecule has 0 aliphatic carbocycles. The predicted molar refractivity (Wildman–Crippen MR) is 104 cm³/mol. The maximum Gasteiger partial charge on any atom is 0.321 e. The molecule has 0 saturated carbocycles. The Morgan fingerprint density at radius 1 is 0.815 bits per heavy atom.